The fourth-order valence-corrected chi connectivity index (χ4v) is 5.56. The average Bonchev–Trinajstić information content (AvgIpc) is 3.88. The maximum Gasteiger partial charge on any atom is 0.309 e. The Kier molecular flexibility index (Phi) is 10.9. The highest BCUT2D eigenvalue weighted by atomic mass is 35.5. The molecule has 0 radical (unpaired) electrons. The van der Waals surface area contributed by atoms with Gasteiger partial charge in [-0.1, -0.05) is 30.6 Å². The van der Waals surface area contributed by atoms with Crippen molar-refractivity contribution in [1.82, 2.24) is 9.97 Å². The molecule has 9 nitrogen and oxygen atoms in total. The fraction of sp³-hybridized carbons (Fsp3) is 0.621. The largest absolute Gasteiger partial charge is 0.466 e. The second-order valence-corrected chi connectivity index (χ2v) is 11.2. The van der Waals surface area contributed by atoms with Crippen molar-refractivity contribution in [3.8, 4) is 0 Å². The Balaban J connectivity index is 0.000000182. The molecule has 0 spiro atoms. The molecular formula is C29H40Cl2N4O5. The van der Waals surface area contributed by atoms with Crippen LogP contribution in [-0.4, -0.2) is 86.9 Å². The van der Waals surface area contributed by atoms with Gasteiger partial charge in [-0.3, -0.25) is 4.79 Å². The molecule has 2 aromatic rings. The summed E-state index contributed by atoms with van der Waals surface area (Å²) >= 11 is 12.4. The summed E-state index contributed by atoms with van der Waals surface area (Å²) in [5.41, 5.74) is 1.91. The summed E-state index contributed by atoms with van der Waals surface area (Å²) in [6, 6.07) is 7.56. The predicted molar refractivity (Wildman–Crippen MR) is 157 cm³/mol. The van der Waals surface area contributed by atoms with E-state index < -0.39 is 0 Å². The number of hydrogen-bond acceptors (Lipinski definition) is 9. The van der Waals surface area contributed by atoms with Gasteiger partial charge in [0.1, 0.15) is 11.6 Å². The van der Waals surface area contributed by atoms with Gasteiger partial charge in [0.2, 0.25) is 0 Å². The molecule has 2 saturated heterocycles. The molecule has 2 aliphatic heterocycles. The Morgan fingerprint density at radius 1 is 0.900 bits per heavy atom. The molecular weight excluding hydrogens is 555 g/mol. The summed E-state index contributed by atoms with van der Waals surface area (Å²) in [5.74, 6) is 2.51. The average molecular weight is 596 g/mol. The molecule has 220 valence electrons. The van der Waals surface area contributed by atoms with E-state index in [1.165, 1.54) is 0 Å². The number of rotatable bonds is 7. The first-order chi connectivity index (χ1) is 19.0. The van der Waals surface area contributed by atoms with Gasteiger partial charge >= 0.3 is 5.97 Å². The Labute approximate surface area is 246 Å². The molecule has 0 bridgehead atoms. The zero-order valence-electron chi connectivity index (χ0n) is 22.2. The van der Waals surface area contributed by atoms with Crippen LogP contribution in [-0.2, 0) is 19.0 Å². The first-order valence-electron chi connectivity index (χ1n) is 13.7. The van der Waals surface area contributed by atoms with Gasteiger partial charge < -0.3 is 29.1 Å². The summed E-state index contributed by atoms with van der Waals surface area (Å²) < 4.78 is 15.8. The van der Waals surface area contributed by atoms with Crippen LogP contribution in [0.1, 0.15) is 50.4 Å². The van der Waals surface area contributed by atoms with Crippen LogP contribution in [0, 0.1) is 11.8 Å². The summed E-state index contributed by atoms with van der Waals surface area (Å²) in [4.78, 5) is 25.5. The number of carbonyl (C=O) groups is 1. The number of nitrogens with zero attached hydrogens (tertiary/aromatic N) is 4. The Morgan fingerprint density at radius 2 is 1.40 bits per heavy atom. The van der Waals surface area contributed by atoms with E-state index in [4.69, 9.17) is 52.5 Å². The van der Waals surface area contributed by atoms with Crippen molar-refractivity contribution in [3.05, 3.63) is 45.7 Å². The molecule has 40 heavy (non-hydrogen) atoms. The van der Waals surface area contributed by atoms with E-state index in [9.17, 15) is 4.79 Å². The third-order valence-corrected chi connectivity index (χ3v) is 8.00. The van der Waals surface area contributed by atoms with Crippen molar-refractivity contribution >= 4 is 40.8 Å². The number of halogens is 2. The number of aliphatic hydroxyl groups excluding tert-OH is 1. The van der Waals surface area contributed by atoms with E-state index in [0.29, 0.717) is 36.7 Å². The number of morpholine rings is 2. The number of aromatic nitrogens is 2. The third kappa shape index (κ3) is 7.76. The Morgan fingerprint density at radius 3 is 1.85 bits per heavy atom. The highest BCUT2D eigenvalue weighted by Gasteiger charge is 2.46. The molecule has 11 heteroatoms. The molecule has 0 aromatic carbocycles. The lowest BCUT2D eigenvalue weighted by molar-refractivity contribution is -0.144. The number of anilines is 2. The number of hydrogen-bond donors (Lipinski definition) is 1. The molecule has 4 aliphatic rings. The topological polar surface area (TPSA) is 97.2 Å². The number of pyridine rings is 2. The van der Waals surface area contributed by atoms with E-state index >= 15 is 0 Å². The van der Waals surface area contributed by atoms with Crippen LogP contribution in [0.5, 0.6) is 0 Å². The monoisotopic (exact) mass is 594 g/mol. The smallest absolute Gasteiger partial charge is 0.309 e. The number of carbonyl (C=O) groups excluding carboxylic acids is 1. The van der Waals surface area contributed by atoms with Gasteiger partial charge in [-0.2, -0.15) is 0 Å². The van der Waals surface area contributed by atoms with Crippen LogP contribution >= 0.6 is 23.2 Å². The zero-order valence-corrected chi connectivity index (χ0v) is 23.7. The maximum atomic E-state index is 11.8. The predicted octanol–water partition coefficient (Wildman–Crippen LogP) is 4.54. The van der Waals surface area contributed by atoms with Gasteiger partial charge in [-0.05, 0) is 49.9 Å². The number of esters is 1. The lowest BCUT2D eigenvalue weighted by Crippen LogP contribution is -2.36. The Bertz CT molecular complexity index is 1140. The zero-order chi connectivity index (χ0) is 27.4. The minimum absolute atomic E-state index is 0. The van der Waals surface area contributed by atoms with Crippen LogP contribution in [0.3, 0.4) is 0 Å². The first kappa shape index (κ1) is 30.8. The van der Waals surface area contributed by atoms with Crippen LogP contribution in [0.2, 0.25) is 10.0 Å². The Hall–Kier alpha value is -2.17. The van der Waals surface area contributed by atoms with E-state index in [-0.39, 0.29) is 31.8 Å². The van der Waals surface area contributed by atoms with Crippen molar-refractivity contribution in [3.63, 3.8) is 0 Å². The number of ether oxygens (including phenoxy) is 3. The summed E-state index contributed by atoms with van der Waals surface area (Å²) in [6.07, 6.45) is 1.82. The van der Waals surface area contributed by atoms with Gasteiger partial charge in [0.15, 0.2) is 0 Å². The lowest BCUT2D eigenvalue weighted by Gasteiger charge is -2.28. The van der Waals surface area contributed by atoms with Crippen LogP contribution in [0.15, 0.2) is 24.3 Å². The first-order valence-corrected chi connectivity index (χ1v) is 14.5. The fourth-order valence-electron chi connectivity index (χ4n) is 5.14. The van der Waals surface area contributed by atoms with E-state index in [1.807, 2.05) is 31.2 Å². The van der Waals surface area contributed by atoms with Gasteiger partial charge in [-0.25, -0.2) is 9.97 Å². The highest BCUT2D eigenvalue weighted by molar-refractivity contribution is 6.31. The van der Waals surface area contributed by atoms with E-state index in [0.717, 1.165) is 80.3 Å². The molecule has 0 amide bonds. The highest BCUT2D eigenvalue weighted by Crippen LogP contribution is 2.48. The van der Waals surface area contributed by atoms with Crippen LogP contribution in [0.25, 0.3) is 0 Å². The van der Waals surface area contributed by atoms with Gasteiger partial charge in [0, 0.05) is 66.1 Å². The maximum absolute atomic E-state index is 11.8. The summed E-state index contributed by atoms with van der Waals surface area (Å²) in [5, 5.41) is 10.5. The SMILES string of the molecule is C.CCOC(=O)[C@H]1C[C@H]1c1cc(Cl)cc(N2CCOCC2)n1.OC[C@H]1C[C@H]1c1cc(Cl)cc(N2CCOCC2)n1. The quantitative estimate of drug-likeness (QED) is 0.463. The van der Waals surface area contributed by atoms with Gasteiger partial charge in [0.05, 0.1) is 39.0 Å². The molecule has 2 saturated carbocycles. The van der Waals surface area contributed by atoms with Crippen molar-refractivity contribution in [2.75, 3.05) is 75.6 Å². The van der Waals surface area contributed by atoms with Crippen molar-refractivity contribution in [1.29, 1.82) is 0 Å². The number of aliphatic hydroxyl groups is 1. The molecule has 0 unspecified atom stereocenters. The molecule has 1 N–H and O–H groups in total. The summed E-state index contributed by atoms with van der Waals surface area (Å²) in [7, 11) is 0. The lowest BCUT2D eigenvalue weighted by atomic mass is 10.2. The molecule has 2 aliphatic carbocycles. The second-order valence-electron chi connectivity index (χ2n) is 10.3. The second kappa shape index (κ2) is 14.1. The van der Waals surface area contributed by atoms with Gasteiger partial charge in [0.25, 0.3) is 0 Å². The van der Waals surface area contributed by atoms with Crippen LogP contribution < -0.4 is 9.80 Å². The van der Waals surface area contributed by atoms with Crippen molar-refractivity contribution in [2.45, 2.75) is 39.0 Å². The molecule has 4 heterocycles. The molecule has 4 atom stereocenters. The van der Waals surface area contributed by atoms with Crippen LogP contribution in [0.4, 0.5) is 11.6 Å². The minimum Gasteiger partial charge on any atom is -0.466 e. The third-order valence-electron chi connectivity index (χ3n) is 7.56. The van der Waals surface area contributed by atoms with E-state index in [1.54, 1.807) is 0 Å². The summed E-state index contributed by atoms with van der Waals surface area (Å²) in [6.45, 7) is 8.74. The molecule has 4 fully saturated rings. The minimum atomic E-state index is -0.128. The standard InChI is InChI=1S/C15H19ClN2O3.C13H17ClN2O2.CH4/c1-2-21-15(19)12-9-11(12)13-7-10(16)8-14(17-13)18-3-5-20-6-4-18;14-10-6-12(11-5-9(11)8-17)15-13(7-10)16-1-3-18-4-2-16;/h7-8,11-12H,2-6,9H2,1H3;6-7,9,11,17H,1-5,8H2;1H4/t11-,12+;9-,11-;/m11./s1. The molecule has 2 aromatic heterocycles. The molecule has 6 rings (SSSR count). The normalized spacial score (nSPS) is 25.3. The van der Waals surface area contributed by atoms with Gasteiger partial charge in [-0.15, -0.1) is 0 Å². The van der Waals surface area contributed by atoms with E-state index in [2.05, 4.69) is 9.80 Å². The van der Waals surface area contributed by atoms with Crippen molar-refractivity contribution < 1.29 is 24.1 Å². The van der Waals surface area contributed by atoms with Crippen molar-refractivity contribution in [2.24, 2.45) is 11.8 Å².